The number of carbonyl (C=O) groups is 1. The highest BCUT2D eigenvalue weighted by atomic mass is 31.1. The standard InChI is InChI=1S/C32H34NO2P/c1-7-8-9-31-24(5)18-32(35-31)26-14-12-25(13-15-26)27-19-28(21-34)30(20-27)33(22(2)3)36(6)29-16-10-23(4)11-17-29/h7-18,20-22H,1,19H2,2-6H3/b9-8-. The molecule has 184 valence electrons. The molecule has 0 aliphatic heterocycles. The maximum Gasteiger partial charge on any atom is 0.148 e. The van der Waals surface area contributed by atoms with Gasteiger partial charge in [0.2, 0.25) is 0 Å². The molecule has 0 radical (unpaired) electrons. The van der Waals surface area contributed by atoms with Crippen molar-refractivity contribution in [2.24, 2.45) is 0 Å². The Morgan fingerprint density at radius 3 is 2.31 bits per heavy atom. The maximum atomic E-state index is 12.1. The molecule has 4 heteroatoms. The highest BCUT2D eigenvalue weighted by Crippen LogP contribution is 2.45. The Morgan fingerprint density at radius 1 is 1.03 bits per heavy atom. The van der Waals surface area contributed by atoms with Gasteiger partial charge in [-0.25, -0.2) is 0 Å². The predicted molar refractivity (Wildman–Crippen MR) is 154 cm³/mol. The van der Waals surface area contributed by atoms with Crippen LogP contribution < -0.4 is 5.30 Å². The van der Waals surface area contributed by atoms with Gasteiger partial charge in [0.25, 0.3) is 0 Å². The summed E-state index contributed by atoms with van der Waals surface area (Å²) < 4.78 is 8.47. The van der Waals surface area contributed by atoms with Crippen LogP contribution in [0.2, 0.25) is 0 Å². The summed E-state index contributed by atoms with van der Waals surface area (Å²) in [6.07, 6.45) is 9.44. The lowest BCUT2D eigenvalue weighted by atomic mass is 10.0. The van der Waals surface area contributed by atoms with Crippen molar-refractivity contribution in [2.75, 3.05) is 6.66 Å². The van der Waals surface area contributed by atoms with Crippen LogP contribution in [0.5, 0.6) is 0 Å². The first-order valence-electron chi connectivity index (χ1n) is 12.3. The lowest BCUT2D eigenvalue weighted by Gasteiger charge is -2.36. The Kier molecular flexibility index (Phi) is 7.91. The van der Waals surface area contributed by atoms with Crippen LogP contribution >= 0.6 is 8.07 Å². The first-order chi connectivity index (χ1) is 17.3. The van der Waals surface area contributed by atoms with E-state index in [1.165, 1.54) is 16.4 Å². The number of hydrogen-bond donors (Lipinski definition) is 0. The third-order valence-corrected chi connectivity index (χ3v) is 8.88. The van der Waals surface area contributed by atoms with Crippen LogP contribution in [0, 0.1) is 13.8 Å². The Bertz CT molecular complexity index is 1340. The predicted octanol–water partition coefficient (Wildman–Crippen LogP) is 8.07. The number of aryl methyl sites for hydroxylation is 2. The number of aldehydes is 1. The summed E-state index contributed by atoms with van der Waals surface area (Å²) in [5, 5.41) is 1.31. The Morgan fingerprint density at radius 2 is 1.69 bits per heavy atom. The van der Waals surface area contributed by atoms with E-state index in [2.05, 4.69) is 99.4 Å². The second-order valence-electron chi connectivity index (χ2n) is 9.50. The Balaban J connectivity index is 1.61. The van der Waals surface area contributed by atoms with E-state index in [9.17, 15) is 4.79 Å². The van der Waals surface area contributed by atoms with E-state index >= 15 is 0 Å². The molecular weight excluding hydrogens is 461 g/mol. The third-order valence-electron chi connectivity index (χ3n) is 6.51. The smallest absolute Gasteiger partial charge is 0.148 e. The normalized spacial score (nSPS) is 14.4. The molecule has 0 N–H and O–H groups in total. The largest absolute Gasteiger partial charge is 0.456 e. The van der Waals surface area contributed by atoms with E-state index in [1.807, 2.05) is 19.1 Å². The highest BCUT2D eigenvalue weighted by Gasteiger charge is 2.27. The molecule has 0 amide bonds. The minimum absolute atomic E-state index is 0.275. The SMILES string of the molecule is C=C/C=C\c1oc(-c2ccc(C3=CC(N(C(C)C)P(C)c4ccc(C)cc4)=C(C=O)C3)cc2)cc1C. The van der Waals surface area contributed by atoms with Crippen molar-refractivity contribution in [1.29, 1.82) is 0 Å². The van der Waals surface area contributed by atoms with E-state index < -0.39 is 8.07 Å². The second-order valence-corrected chi connectivity index (χ2v) is 11.5. The fraction of sp³-hybridized carbons (Fsp3) is 0.219. The van der Waals surface area contributed by atoms with Gasteiger partial charge in [-0.3, -0.25) is 4.79 Å². The van der Waals surface area contributed by atoms with Gasteiger partial charge in [0.05, 0.1) is 0 Å². The molecule has 1 aromatic heterocycles. The first kappa shape index (κ1) is 25.7. The molecule has 1 unspecified atom stereocenters. The van der Waals surface area contributed by atoms with E-state index in [0.29, 0.717) is 6.42 Å². The molecule has 0 spiro atoms. The van der Waals surface area contributed by atoms with Crippen molar-refractivity contribution in [3.63, 3.8) is 0 Å². The van der Waals surface area contributed by atoms with Crippen LogP contribution in [0.1, 0.15) is 42.7 Å². The number of nitrogens with zero attached hydrogens (tertiary/aromatic N) is 1. The van der Waals surface area contributed by atoms with Gasteiger partial charge < -0.3 is 9.09 Å². The van der Waals surface area contributed by atoms with Gasteiger partial charge in [0, 0.05) is 37.4 Å². The van der Waals surface area contributed by atoms with Gasteiger partial charge in [-0.2, -0.15) is 0 Å². The van der Waals surface area contributed by atoms with Gasteiger partial charge in [-0.1, -0.05) is 72.8 Å². The van der Waals surface area contributed by atoms with Crippen molar-refractivity contribution < 1.29 is 9.21 Å². The molecule has 4 rings (SSSR count). The van der Waals surface area contributed by atoms with Gasteiger partial charge in [-0.05, 0) is 74.6 Å². The fourth-order valence-corrected chi connectivity index (χ4v) is 6.62. The summed E-state index contributed by atoms with van der Waals surface area (Å²) in [6.45, 7) is 14.6. The molecule has 1 aliphatic carbocycles. The molecule has 0 fully saturated rings. The molecule has 1 heterocycles. The van der Waals surface area contributed by atoms with Gasteiger partial charge >= 0.3 is 0 Å². The molecule has 0 bridgehead atoms. The summed E-state index contributed by atoms with van der Waals surface area (Å²) in [6, 6.07) is 19.5. The number of allylic oxidation sites excluding steroid dienone is 5. The molecule has 1 atom stereocenters. The quantitative estimate of drug-likeness (QED) is 0.171. The molecular formula is C32H34NO2P. The van der Waals surface area contributed by atoms with E-state index in [0.717, 1.165) is 45.8 Å². The summed E-state index contributed by atoms with van der Waals surface area (Å²) in [4.78, 5) is 12.1. The fourth-order valence-electron chi connectivity index (χ4n) is 4.58. The van der Waals surface area contributed by atoms with Crippen molar-refractivity contribution in [2.45, 2.75) is 40.2 Å². The number of benzene rings is 2. The topological polar surface area (TPSA) is 33.5 Å². The average molecular weight is 496 g/mol. The number of carbonyl (C=O) groups excluding carboxylic acids is 1. The molecule has 36 heavy (non-hydrogen) atoms. The van der Waals surface area contributed by atoms with Crippen molar-refractivity contribution in [3.05, 3.63) is 113 Å². The minimum atomic E-state index is -0.615. The van der Waals surface area contributed by atoms with Crippen LogP contribution in [-0.2, 0) is 4.79 Å². The van der Waals surface area contributed by atoms with Crippen LogP contribution in [0.4, 0.5) is 0 Å². The number of rotatable bonds is 9. The number of hydrogen-bond acceptors (Lipinski definition) is 3. The zero-order valence-electron chi connectivity index (χ0n) is 21.8. The van der Waals surface area contributed by atoms with Gasteiger partial charge in [0.1, 0.15) is 17.8 Å². The molecule has 0 saturated carbocycles. The van der Waals surface area contributed by atoms with E-state index in [-0.39, 0.29) is 6.04 Å². The van der Waals surface area contributed by atoms with Crippen LogP contribution in [0.3, 0.4) is 0 Å². The van der Waals surface area contributed by atoms with Gasteiger partial charge in [0.15, 0.2) is 0 Å². The molecule has 3 aromatic rings. The first-order valence-corrected chi connectivity index (χ1v) is 14.0. The van der Waals surface area contributed by atoms with Crippen LogP contribution in [0.25, 0.3) is 23.0 Å². The van der Waals surface area contributed by atoms with Crippen molar-refractivity contribution in [3.8, 4) is 11.3 Å². The van der Waals surface area contributed by atoms with Gasteiger partial charge in [-0.15, -0.1) is 0 Å². The number of furan rings is 1. The minimum Gasteiger partial charge on any atom is -0.456 e. The zero-order valence-corrected chi connectivity index (χ0v) is 22.7. The summed E-state index contributed by atoms with van der Waals surface area (Å²) in [5.74, 6) is 1.69. The molecule has 0 saturated heterocycles. The highest BCUT2D eigenvalue weighted by molar-refractivity contribution is 7.62. The van der Waals surface area contributed by atoms with Crippen molar-refractivity contribution in [1.82, 2.24) is 4.67 Å². The monoisotopic (exact) mass is 495 g/mol. The van der Waals surface area contributed by atoms with E-state index in [4.69, 9.17) is 4.42 Å². The van der Waals surface area contributed by atoms with E-state index in [1.54, 1.807) is 6.08 Å². The second kappa shape index (κ2) is 11.1. The van der Waals surface area contributed by atoms with Crippen molar-refractivity contribution >= 4 is 31.3 Å². The lowest BCUT2D eigenvalue weighted by Crippen LogP contribution is -2.28. The zero-order chi connectivity index (χ0) is 25.8. The summed E-state index contributed by atoms with van der Waals surface area (Å²) >= 11 is 0. The maximum absolute atomic E-state index is 12.1. The third kappa shape index (κ3) is 5.37. The molecule has 1 aliphatic rings. The Hall–Kier alpha value is -3.42. The van der Waals surface area contributed by atoms with Crippen LogP contribution in [0.15, 0.2) is 95.1 Å². The van der Waals surface area contributed by atoms with Crippen LogP contribution in [-0.4, -0.2) is 23.7 Å². The average Bonchev–Trinajstić information content (AvgIpc) is 3.46. The molecule has 2 aromatic carbocycles. The summed E-state index contributed by atoms with van der Waals surface area (Å²) in [7, 11) is -0.615. The lowest BCUT2D eigenvalue weighted by molar-refractivity contribution is -0.105. The summed E-state index contributed by atoms with van der Waals surface area (Å²) in [5.41, 5.74) is 7.57. The Labute approximate surface area is 216 Å². The molecule has 3 nitrogen and oxygen atoms in total.